The number of amides is 1. The van der Waals surface area contributed by atoms with Crippen LogP contribution in [0.4, 0.5) is 5.82 Å². The summed E-state index contributed by atoms with van der Waals surface area (Å²) in [6.45, 7) is 3.73. The van der Waals surface area contributed by atoms with Crippen LogP contribution < -0.4 is 17.3 Å². The van der Waals surface area contributed by atoms with E-state index in [1.807, 2.05) is 44.2 Å². The van der Waals surface area contributed by atoms with Crippen molar-refractivity contribution in [3.05, 3.63) is 59.8 Å². The number of nitrogens with zero attached hydrogens (tertiary/aromatic N) is 3. The highest BCUT2D eigenvalue weighted by Crippen LogP contribution is 2.08. The van der Waals surface area contributed by atoms with Gasteiger partial charge in [-0.25, -0.2) is 10.8 Å². The molecule has 0 bridgehead atoms. The Balaban J connectivity index is 0.00000450. The standard InChI is InChI=1S/C20H26N6O3.H3N.H2/c1-14(2)28-13-18(27)24-17-11-7-10-16(23-17)12-29-25-19(20(21)26(3)22)15-8-5-4-6-9-15;;/h4-11,14,21H,12-13,22H2,1-3H3,(H,23,24,27);1H3;1H/b21-20?,25-19-;;. The van der Waals surface area contributed by atoms with Crippen LogP contribution in [0.5, 0.6) is 0 Å². The lowest BCUT2D eigenvalue weighted by molar-refractivity contribution is -0.121. The van der Waals surface area contributed by atoms with Crippen LogP contribution in [0, 0.1) is 5.41 Å². The molecule has 0 fully saturated rings. The molecule has 164 valence electrons. The van der Waals surface area contributed by atoms with Crippen LogP contribution in [0.15, 0.2) is 53.7 Å². The quantitative estimate of drug-likeness (QED) is 0.211. The van der Waals surface area contributed by atoms with E-state index in [2.05, 4.69) is 15.5 Å². The number of anilines is 1. The molecular weight excluding hydrogens is 386 g/mol. The lowest BCUT2D eigenvalue weighted by atomic mass is 10.1. The summed E-state index contributed by atoms with van der Waals surface area (Å²) in [7, 11) is 1.55. The van der Waals surface area contributed by atoms with Crippen molar-refractivity contribution in [3.8, 4) is 0 Å². The number of benzene rings is 1. The number of oxime groups is 1. The predicted molar refractivity (Wildman–Crippen MR) is 119 cm³/mol. The Labute approximate surface area is 177 Å². The van der Waals surface area contributed by atoms with Crippen LogP contribution in [-0.4, -0.2) is 47.2 Å². The zero-order valence-corrected chi connectivity index (χ0v) is 17.5. The summed E-state index contributed by atoms with van der Waals surface area (Å²) in [4.78, 5) is 21.6. The molecular formula is C20H31N7O3. The van der Waals surface area contributed by atoms with Gasteiger partial charge in [-0.1, -0.05) is 41.6 Å². The van der Waals surface area contributed by atoms with Gasteiger partial charge in [0.15, 0.2) is 18.2 Å². The smallest absolute Gasteiger partial charge is 0.251 e. The number of hydrogen-bond acceptors (Lipinski definition) is 8. The minimum Gasteiger partial charge on any atom is -0.389 e. The maximum Gasteiger partial charge on any atom is 0.251 e. The van der Waals surface area contributed by atoms with E-state index in [0.717, 1.165) is 5.01 Å². The van der Waals surface area contributed by atoms with E-state index in [1.54, 1.807) is 25.2 Å². The van der Waals surface area contributed by atoms with Crippen molar-refractivity contribution in [2.45, 2.75) is 26.6 Å². The second-order valence-electron chi connectivity index (χ2n) is 6.46. The molecule has 0 spiro atoms. The van der Waals surface area contributed by atoms with Gasteiger partial charge in [-0.2, -0.15) is 0 Å². The van der Waals surface area contributed by atoms with E-state index >= 15 is 0 Å². The number of pyridine rings is 1. The van der Waals surface area contributed by atoms with Crippen molar-refractivity contribution >= 4 is 23.3 Å². The van der Waals surface area contributed by atoms with Crippen molar-refractivity contribution < 1.29 is 15.8 Å². The fraction of sp³-hybridized carbons (Fsp3) is 0.300. The van der Waals surface area contributed by atoms with Gasteiger partial charge < -0.3 is 21.0 Å². The Kier molecular flexibility index (Phi) is 10.1. The molecule has 0 saturated carbocycles. The number of nitrogens with one attached hydrogen (secondary N) is 2. The first-order valence-electron chi connectivity index (χ1n) is 9.07. The fourth-order valence-electron chi connectivity index (χ4n) is 2.21. The first kappa shape index (κ1) is 24.7. The molecule has 30 heavy (non-hydrogen) atoms. The SMILES string of the molecule is CC(C)OCC(=O)Nc1cccc(CO/N=C(\C(=N)N(C)N)c2ccccc2)n1.N.[HH]. The highest BCUT2D eigenvalue weighted by molar-refractivity contribution is 6.46. The third-order valence-electron chi connectivity index (χ3n) is 3.61. The van der Waals surface area contributed by atoms with Crippen LogP contribution in [0.1, 0.15) is 26.5 Å². The van der Waals surface area contributed by atoms with Crippen molar-refractivity contribution in [1.29, 1.82) is 5.41 Å². The third kappa shape index (κ3) is 7.95. The molecule has 0 unspecified atom stereocenters. The second kappa shape index (κ2) is 12.3. The number of rotatable bonds is 9. The molecule has 10 heteroatoms. The highest BCUT2D eigenvalue weighted by Gasteiger charge is 2.13. The van der Waals surface area contributed by atoms with Gasteiger partial charge in [0.1, 0.15) is 12.4 Å². The highest BCUT2D eigenvalue weighted by atomic mass is 16.6. The van der Waals surface area contributed by atoms with Gasteiger partial charge >= 0.3 is 0 Å². The Hall–Kier alpha value is -3.34. The lowest BCUT2D eigenvalue weighted by Crippen LogP contribution is -2.38. The molecule has 1 aromatic carbocycles. The number of ether oxygens (including phenoxy) is 1. The number of likely N-dealkylation sites (N-methyl/N-ethyl adjacent to an activating group) is 1. The summed E-state index contributed by atoms with van der Waals surface area (Å²) in [6, 6.07) is 14.3. The molecule has 0 aliphatic carbocycles. The maximum absolute atomic E-state index is 11.9. The van der Waals surface area contributed by atoms with Gasteiger partial charge in [-0.05, 0) is 26.0 Å². The molecule has 2 aromatic rings. The van der Waals surface area contributed by atoms with Crippen molar-refractivity contribution in [2.75, 3.05) is 19.0 Å². The van der Waals surface area contributed by atoms with Gasteiger partial charge in [0, 0.05) is 14.0 Å². The Bertz CT molecular complexity index is 861. The largest absolute Gasteiger partial charge is 0.389 e. The normalized spacial score (nSPS) is 10.9. The third-order valence-corrected chi connectivity index (χ3v) is 3.61. The van der Waals surface area contributed by atoms with E-state index in [-0.39, 0.29) is 38.6 Å². The molecule has 0 atom stereocenters. The van der Waals surface area contributed by atoms with Crippen LogP contribution in [0.2, 0.25) is 0 Å². The summed E-state index contributed by atoms with van der Waals surface area (Å²) >= 11 is 0. The molecule has 0 radical (unpaired) electrons. The molecule has 1 aromatic heterocycles. The van der Waals surface area contributed by atoms with Crippen molar-refractivity contribution in [2.24, 2.45) is 11.0 Å². The first-order valence-corrected chi connectivity index (χ1v) is 9.07. The number of amidine groups is 1. The summed E-state index contributed by atoms with van der Waals surface area (Å²) in [6.07, 6.45) is -0.0311. The molecule has 7 N–H and O–H groups in total. The van der Waals surface area contributed by atoms with E-state index in [4.69, 9.17) is 20.8 Å². The molecule has 1 amide bonds. The molecule has 10 nitrogen and oxygen atoms in total. The van der Waals surface area contributed by atoms with Crippen molar-refractivity contribution in [1.82, 2.24) is 16.1 Å². The zero-order chi connectivity index (χ0) is 21.2. The lowest BCUT2D eigenvalue weighted by Gasteiger charge is -2.15. The molecule has 0 aliphatic heterocycles. The summed E-state index contributed by atoms with van der Waals surface area (Å²) in [5.41, 5.74) is 1.57. The zero-order valence-electron chi connectivity index (χ0n) is 17.5. The van der Waals surface area contributed by atoms with E-state index < -0.39 is 0 Å². The second-order valence-corrected chi connectivity index (χ2v) is 6.46. The number of carbonyl (C=O) groups is 1. The first-order chi connectivity index (χ1) is 13.9. The van der Waals surface area contributed by atoms with E-state index in [1.165, 1.54) is 0 Å². The summed E-state index contributed by atoms with van der Waals surface area (Å²) in [5, 5.41) is 16.0. The van der Waals surface area contributed by atoms with Gasteiger partial charge in [-0.3, -0.25) is 15.2 Å². The minimum atomic E-state index is -0.284. The molecule has 0 saturated heterocycles. The Morgan fingerprint density at radius 3 is 2.60 bits per heavy atom. The number of nitrogens with two attached hydrogens (primary N) is 1. The number of hydrazine groups is 1. The minimum absolute atomic E-state index is 0. The average molecular weight is 418 g/mol. The van der Waals surface area contributed by atoms with Gasteiger partial charge in [0.25, 0.3) is 5.91 Å². The average Bonchev–Trinajstić information content (AvgIpc) is 2.70. The molecule has 0 aliphatic rings. The maximum atomic E-state index is 11.9. The number of carbonyl (C=O) groups excluding carboxylic acids is 1. The van der Waals surface area contributed by atoms with Crippen LogP contribution in [0.3, 0.4) is 0 Å². The van der Waals surface area contributed by atoms with Crippen LogP contribution >= 0.6 is 0 Å². The Morgan fingerprint density at radius 1 is 1.27 bits per heavy atom. The van der Waals surface area contributed by atoms with Crippen LogP contribution in [-0.2, 0) is 21.0 Å². The van der Waals surface area contributed by atoms with Crippen molar-refractivity contribution in [3.63, 3.8) is 0 Å². The van der Waals surface area contributed by atoms with E-state index in [0.29, 0.717) is 22.8 Å². The van der Waals surface area contributed by atoms with Gasteiger partial charge in [0.05, 0.1) is 11.8 Å². The summed E-state index contributed by atoms with van der Waals surface area (Å²) < 4.78 is 5.26. The van der Waals surface area contributed by atoms with E-state index in [9.17, 15) is 4.79 Å². The van der Waals surface area contributed by atoms with Gasteiger partial charge in [0.2, 0.25) is 0 Å². The fourth-order valence-corrected chi connectivity index (χ4v) is 2.21. The number of aromatic nitrogens is 1. The van der Waals surface area contributed by atoms with Crippen LogP contribution in [0.25, 0.3) is 0 Å². The Morgan fingerprint density at radius 2 is 1.97 bits per heavy atom. The molecule has 1 heterocycles. The summed E-state index contributed by atoms with van der Waals surface area (Å²) in [5.74, 6) is 5.80. The topological polar surface area (TPSA) is 161 Å². The molecule has 2 rings (SSSR count). The number of hydrogen-bond donors (Lipinski definition) is 4. The van der Waals surface area contributed by atoms with Gasteiger partial charge in [-0.15, -0.1) is 0 Å². The monoisotopic (exact) mass is 417 g/mol. The predicted octanol–water partition coefficient (Wildman–Crippen LogP) is 2.56.